The average Bonchev–Trinajstić information content (AvgIpc) is 2.54. The van der Waals surface area contributed by atoms with Crippen LogP contribution in [0.4, 0.5) is 0 Å². The number of hydrogen-bond acceptors (Lipinski definition) is 4. The average molecular weight is 339 g/mol. The first-order chi connectivity index (χ1) is 10.5. The summed E-state index contributed by atoms with van der Waals surface area (Å²) < 4.78 is 0.219. The molecule has 2 rings (SSSR count). The first-order valence-electron chi connectivity index (χ1n) is 7.40. The zero-order chi connectivity index (χ0) is 16.1. The lowest BCUT2D eigenvalue weighted by molar-refractivity contribution is 0.0696. The van der Waals surface area contributed by atoms with Crippen molar-refractivity contribution in [3.05, 3.63) is 34.9 Å². The second-order valence-corrected chi connectivity index (χ2v) is 8.03. The minimum absolute atomic E-state index is 0.114. The summed E-state index contributed by atoms with van der Waals surface area (Å²) >= 11 is 3.64. The predicted molar refractivity (Wildman–Crippen MR) is 92.9 cm³/mol. The second kappa shape index (κ2) is 7.92. The number of carbonyl (C=O) groups excluding carboxylic acids is 1. The van der Waals surface area contributed by atoms with E-state index in [1.165, 1.54) is 12.5 Å². The molecule has 1 N–H and O–H groups in total. The van der Waals surface area contributed by atoms with Crippen molar-refractivity contribution < 1.29 is 14.7 Å². The summed E-state index contributed by atoms with van der Waals surface area (Å²) in [5, 5.41) is 9.32. The minimum atomic E-state index is -0.986. The Morgan fingerprint density at radius 3 is 2.45 bits per heavy atom. The number of amides is 1. The number of carboxylic acids is 1. The third-order valence-electron chi connectivity index (χ3n) is 3.45. The maximum atomic E-state index is 12.5. The van der Waals surface area contributed by atoms with Crippen LogP contribution in [0.1, 0.15) is 50.6 Å². The Kier molecular flexibility index (Phi) is 6.20. The molecule has 1 saturated heterocycles. The van der Waals surface area contributed by atoms with Gasteiger partial charge in [-0.15, -0.1) is 23.5 Å². The summed E-state index contributed by atoms with van der Waals surface area (Å²) in [5.41, 5.74) is 1.60. The van der Waals surface area contributed by atoms with Gasteiger partial charge in [-0.3, -0.25) is 4.79 Å². The van der Waals surface area contributed by atoms with Gasteiger partial charge in [0.2, 0.25) is 0 Å². The fourth-order valence-corrected chi connectivity index (χ4v) is 5.22. The normalized spacial score (nSPS) is 15.5. The number of rotatable bonds is 5. The van der Waals surface area contributed by atoms with Gasteiger partial charge in [0.05, 0.1) is 10.1 Å². The molecule has 6 heteroatoms. The van der Waals surface area contributed by atoms with Crippen molar-refractivity contribution in [2.24, 2.45) is 0 Å². The van der Waals surface area contributed by atoms with Crippen molar-refractivity contribution in [2.75, 3.05) is 25.1 Å². The van der Waals surface area contributed by atoms with Crippen LogP contribution in [0.25, 0.3) is 0 Å². The molecule has 120 valence electrons. The molecule has 0 saturated carbocycles. The van der Waals surface area contributed by atoms with Crippen molar-refractivity contribution in [2.45, 2.75) is 24.3 Å². The van der Waals surface area contributed by atoms with Crippen molar-refractivity contribution in [3.8, 4) is 0 Å². The van der Waals surface area contributed by atoms with Gasteiger partial charge in [-0.1, -0.05) is 6.92 Å². The summed E-state index contributed by atoms with van der Waals surface area (Å²) in [6, 6.07) is 5.05. The molecular formula is C16H21NO3S2. The Hall–Kier alpha value is -1.14. The van der Waals surface area contributed by atoms with Crippen molar-refractivity contribution in [3.63, 3.8) is 0 Å². The van der Waals surface area contributed by atoms with Gasteiger partial charge < -0.3 is 10.0 Å². The smallest absolute Gasteiger partial charge is 0.335 e. The van der Waals surface area contributed by atoms with E-state index in [1.807, 2.05) is 36.5 Å². The molecule has 1 heterocycles. The highest BCUT2D eigenvalue weighted by Crippen LogP contribution is 2.44. The molecule has 1 aromatic rings. The van der Waals surface area contributed by atoms with E-state index in [2.05, 4.69) is 0 Å². The SMILES string of the molecule is CCCN(C)C(=O)c1cc(C(=O)O)cc(C2SCCCS2)c1. The van der Waals surface area contributed by atoms with Gasteiger partial charge >= 0.3 is 5.97 Å². The Labute approximate surface area is 139 Å². The zero-order valence-electron chi connectivity index (χ0n) is 12.9. The molecule has 0 spiro atoms. The summed E-state index contributed by atoms with van der Waals surface area (Å²) in [5.74, 6) is 1.05. The Morgan fingerprint density at radius 1 is 1.23 bits per heavy atom. The Morgan fingerprint density at radius 2 is 1.86 bits per heavy atom. The molecule has 1 fully saturated rings. The van der Waals surface area contributed by atoms with Crippen LogP contribution in [0.3, 0.4) is 0 Å². The quantitative estimate of drug-likeness (QED) is 0.886. The van der Waals surface area contributed by atoms with Crippen LogP contribution in [-0.2, 0) is 0 Å². The van der Waals surface area contributed by atoms with Gasteiger partial charge in [0.25, 0.3) is 5.91 Å². The number of nitrogens with zero attached hydrogens (tertiary/aromatic N) is 1. The molecule has 1 amide bonds. The molecule has 4 nitrogen and oxygen atoms in total. The van der Waals surface area contributed by atoms with E-state index in [1.54, 1.807) is 18.0 Å². The van der Waals surface area contributed by atoms with Crippen LogP contribution < -0.4 is 0 Å². The monoisotopic (exact) mass is 339 g/mol. The lowest BCUT2D eigenvalue weighted by Crippen LogP contribution is -2.27. The number of carbonyl (C=O) groups is 2. The maximum absolute atomic E-state index is 12.5. The van der Waals surface area contributed by atoms with Gasteiger partial charge in [-0.2, -0.15) is 0 Å². The Bertz CT molecular complexity index is 556. The van der Waals surface area contributed by atoms with Crippen LogP contribution in [0.5, 0.6) is 0 Å². The largest absolute Gasteiger partial charge is 0.478 e. The molecule has 0 aromatic heterocycles. The third kappa shape index (κ3) is 4.20. The summed E-state index contributed by atoms with van der Waals surface area (Å²) in [7, 11) is 1.75. The van der Waals surface area contributed by atoms with E-state index in [0.717, 1.165) is 23.5 Å². The van der Waals surface area contributed by atoms with Crippen LogP contribution in [0.2, 0.25) is 0 Å². The number of hydrogen-bond donors (Lipinski definition) is 1. The summed E-state index contributed by atoms with van der Waals surface area (Å²) in [4.78, 5) is 25.5. The molecule has 0 unspecified atom stereocenters. The van der Waals surface area contributed by atoms with E-state index in [0.29, 0.717) is 12.1 Å². The number of carboxylic acid groups (broad SMARTS) is 1. The molecule has 1 aliphatic heterocycles. The molecule has 22 heavy (non-hydrogen) atoms. The fraction of sp³-hybridized carbons (Fsp3) is 0.500. The molecule has 0 atom stereocenters. The topological polar surface area (TPSA) is 57.6 Å². The van der Waals surface area contributed by atoms with Crippen molar-refractivity contribution >= 4 is 35.4 Å². The fourth-order valence-electron chi connectivity index (χ4n) is 2.37. The molecule has 0 radical (unpaired) electrons. The second-order valence-electron chi connectivity index (χ2n) is 5.30. The first-order valence-corrected chi connectivity index (χ1v) is 9.49. The van der Waals surface area contributed by atoms with Crippen LogP contribution >= 0.6 is 23.5 Å². The van der Waals surface area contributed by atoms with Crippen LogP contribution in [0, 0.1) is 0 Å². The molecule has 0 aliphatic carbocycles. The molecule has 1 aromatic carbocycles. The van der Waals surface area contributed by atoms with Gasteiger partial charge in [0.15, 0.2) is 0 Å². The van der Waals surface area contributed by atoms with E-state index in [9.17, 15) is 14.7 Å². The molecular weight excluding hydrogens is 318 g/mol. The standard InChI is InChI=1S/C16H21NO3S2/c1-3-5-17(2)14(18)11-8-12(15(19)20)10-13(9-11)16-21-6-4-7-22-16/h8-10,16H,3-7H2,1-2H3,(H,19,20). The van der Waals surface area contributed by atoms with E-state index < -0.39 is 5.97 Å². The first kappa shape index (κ1) is 17.2. The zero-order valence-corrected chi connectivity index (χ0v) is 14.5. The lowest BCUT2D eigenvalue weighted by Gasteiger charge is -2.23. The van der Waals surface area contributed by atoms with E-state index in [-0.39, 0.29) is 16.1 Å². The van der Waals surface area contributed by atoms with Gasteiger partial charge in [0, 0.05) is 19.2 Å². The molecule has 0 bridgehead atoms. The Balaban J connectivity index is 2.34. The van der Waals surface area contributed by atoms with E-state index in [4.69, 9.17) is 0 Å². The number of thioether (sulfide) groups is 2. The number of benzene rings is 1. The third-order valence-corrected chi connectivity index (χ3v) is 6.47. The highest BCUT2D eigenvalue weighted by atomic mass is 32.2. The lowest BCUT2D eigenvalue weighted by atomic mass is 10.1. The summed E-state index contributed by atoms with van der Waals surface area (Å²) in [6.45, 7) is 2.68. The van der Waals surface area contributed by atoms with Crippen molar-refractivity contribution in [1.29, 1.82) is 0 Å². The van der Waals surface area contributed by atoms with Gasteiger partial charge in [-0.25, -0.2) is 4.79 Å². The van der Waals surface area contributed by atoms with E-state index >= 15 is 0 Å². The summed E-state index contributed by atoms with van der Waals surface area (Å²) in [6.07, 6.45) is 2.05. The van der Waals surface area contributed by atoms with Crippen molar-refractivity contribution in [1.82, 2.24) is 4.90 Å². The highest BCUT2D eigenvalue weighted by Gasteiger charge is 2.21. The molecule has 1 aliphatic rings. The maximum Gasteiger partial charge on any atom is 0.335 e. The van der Waals surface area contributed by atoms with Crippen LogP contribution in [-0.4, -0.2) is 47.0 Å². The minimum Gasteiger partial charge on any atom is -0.478 e. The van der Waals surface area contributed by atoms with Crippen LogP contribution in [0.15, 0.2) is 18.2 Å². The highest BCUT2D eigenvalue weighted by molar-refractivity contribution is 8.16. The van der Waals surface area contributed by atoms with Gasteiger partial charge in [-0.05, 0) is 48.1 Å². The number of aromatic carboxylic acids is 1. The van der Waals surface area contributed by atoms with Gasteiger partial charge in [0.1, 0.15) is 0 Å². The predicted octanol–water partition coefficient (Wildman–Crippen LogP) is 3.74.